The Morgan fingerprint density at radius 1 is 1.08 bits per heavy atom. The van der Waals surface area contributed by atoms with Crippen LogP contribution in [0.5, 0.6) is 0 Å². The highest BCUT2D eigenvalue weighted by Gasteiger charge is 2.42. The Morgan fingerprint density at radius 2 is 1.62 bits per heavy atom. The molecule has 0 amide bonds. The number of nitrogens with two attached hydrogens (primary N) is 1. The lowest BCUT2D eigenvalue weighted by atomic mass is 10.5. The van der Waals surface area contributed by atoms with Gasteiger partial charge < -0.3 is 10.2 Å². The molecule has 0 aliphatic carbocycles. The largest absolute Gasteiger partial charge is 0.557 e. The fraction of sp³-hybridized carbons (Fsp3) is 1.00. The molecule has 0 aromatic rings. The van der Waals surface area contributed by atoms with E-state index >= 15 is 0 Å². The summed E-state index contributed by atoms with van der Waals surface area (Å²) >= 11 is 0. The van der Waals surface area contributed by atoms with E-state index in [-0.39, 0.29) is 0 Å². The Labute approximate surface area is 79.1 Å². The van der Waals surface area contributed by atoms with Crippen LogP contribution < -0.4 is 5.73 Å². The minimum Gasteiger partial charge on any atom is -0.374 e. The second-order valence-corrected chi connectivity index (χ2v) is 4.89. The molecular weight excluding hydrogens is 194 g/mol. The third-order valence-corrected chi connectivity index (χ3v) is 3.85. The average molecular weight is 211 g/mol. The molecule has 0 atom stereocenters. The van der Waals surface area contributed by atoms with Crippen molar-refractivity contribution < 1.29 is 23.4 Å². The number of hydrogen-bond acceptors (Lipinski definition) is 6. The van der Waals surface area contributed by atoms with Gasteiger partial charge in [-0.1, -0.05) is 0 Å². The maximum absolute atomic E-state index is 5.36. The highest BCUT2D eigenvalue weighted by Crippen LogP contribution is 2.16. The monoisotopic (exact) mass is 211 g/mol. The molecule has 0 aliphatic heterocycles. The van der Waals surface area contributed by atoms with Crippen LogP contribution in [0.4, 0.5) is 0 Å². The molecule has 0 saturated heterocycles. The molecule has 0 saturated carbocycles. The molecular formula is C6H17NO5Si. The highest BCUT2D eigenvalue weighted by atomic mass is 28.4. The first-order chi connectivity index (χ1) is 6.24. The molecule has 0 fully saturated rings. The first kappa shape index (κ1) is 13.0. The molecule has 13 heavy (non-hydrogen) atoms. The van der Waals surface area contributed by atoms with Crippen molar-refractivity contribution >= 4 is 8.80 Å². The van der Waals surface area contributed by atoms with Crippen LogP contribution in [0.15, 0.2) is 0 Å². The SMILES string of the molecule is COO[Si](CCCN)(OC)OOC. The van der Waals surface area contributed by atoms with Crippen LogP contribution in [-0.2, 0) is 23.4 Å². The van der Waals surface area contributed by atoms with Crippen molar-refractivity contribution in [3.05, 3.63) is 0 Å². The zero-order valence-electron chi connectivity index (χ0n) is 8.24. The minimum atomic E-state index is -2.81. The van der Waals surface area contributed by atoms with Crippen LogP contribution in [0.3, 0.4) is 0 Å². The van der Waals surface area contributed by atoms with Gasteiger partial charge in [0.15, 0.2) is 0 Å². The summed E-state index contributed by atoms with van der Waals surface area (Å²) in [5.74, 6) is 0. The van der Waals surface area contributed by atoms with Gasteiger partial charge in [0.05, 0.1) is 14.2 Å². The van der Waals surface area contributed by atoms with E-state index < -0.39 is 8.80 Å². The van der Waals surface area contributed by atoms with Crippen LogP contribution in [-0.4, -0.2) is 36.7 Å². The molecule has 0 aliphatic rings. The van der Waals surface area contributed by atoms with Crippen molar-refractivity contribution in [2.45, 2.75) is 12.5 Å². The topological polar surface area (TPSA) is 72.2 Å². The summed E-state index contributed by atoms with van der Waals surface area (Å²) in [5, 5.41) is 0. The van der Waals surface area contributed by atoms with E-state index in [9.17, 15) is 0 Å². The van der Waals surface area contributed by atoms with Gasteiger partial charge in [-0.25, -0.2) is 18.9 Å². The lowest BCUT2D eigenvalue weighted by molar-refractivity contribution is -0.292. The van der Waals surface area contributed by atoms with Gasteiger partial charge in [-0.3, -0.25) is 0 Å². The van der Waals surface area contributed by atoms with Crippen molar-refractivity contribution in [1.82, 2.24) is 0 Å². The Hall–Kier alpha value is -0.0231. The summed E-state index contributed by atoms with van der Waals surface area (Å²) in [5.41, 5.74) is 5.36. The van der Waals surface area contributed by atoms with Crippen LogP contribution >= 0.6 is 0 Å². The zero-order valence-corrected chi connectivity index (χ0v) is 9.24. The van der Waals surface area contributed by atoms with E-state index in [0.29, 0.717) is 12.6 Å². The van der Waals surface area contributed by atoms with E-state index in [2.05, 4.69) is 9.78 Å². The second kappa shape index (κ2) is 7.39. The smallest absolute Gasteiger partial charge is 0.374 e. The van der Waals surface area contributed by atoms with Crippen molar-refractivity contribution in [3.63, 3.8) is 0 Å². The molecule has 0 rings (SSSR count). The van der Waals surface area contributed by atoms with E-state index in [4.69, 9.17) is 19.3 Å². The van der Waals surface area contributed by atoms with Crippen molar-refractivity contribution in [1.29, 1.82) is 0 Å². The molecule has 80 valence electrons. The van der Waals surface area contributed by atoms with Gasteiger partial charge in [0.2, 0.25) is 0 Å². The van der Waals surface area contributed by atoms with E-state index in [0.717, 1.165) is 6.42 Å². The highest BCUT2D eigenvalue weighted by molar-refractivity contribution is 6.60. The van der Waals surface area contributed by atoms with Gasteiger partial charge in [0, 0.05) is 13.2 Å². The normalized spacial score (nSPS) is 12.0. The first-order valence-corrected chi connectivity index (χ1v) is 5.86. The van der Waals surface area contributed by atoms with Gasteiger partial charge in [-0.05, 0) is 13.0 Å². The lowest BCUT2D eigenvalue weighted by Gasteiger charge is -2.23. The molecule has 0 bridgehead atoms. The van der Waals surface area contributed by atoms with Crippen LogP contribution in [0, 0.1) is 0 Å². The number of hydrogen-bond donors (Lipinski definition) is 1. The van der Waals surface area contributed by atoms with Crippen molar-refractivity contribution in [3.8, 4) is 0 Å². The fourth-order valence-electron chi connectivity index (χ4n) is 0.840. The lowest BCUT2D eigenvalue weighted by Crippen LogP contribution is -2.44. The predicted octanol–water partition coefficient (Wildman–Crippen LogP) is 0.0765. The molecule has 0 heterocycles. The van der Waals surface area contributed by atoms with Gasteiger partial charge in [-0.15, -0.1) is 0 Å². The van der Waals surface area contributed by atoms with Crippen LogP contribution in [0.25, 0.3) is 0 Å². The summed E-state index contributed by atoms with van der Waals surface area (Å²) in [6.45, 7) is 0.540. The third-order valence-electron chi connectivity index (χ3n) is 1.42. The van der Waals surface area contributed by atoms with Gasteiger partial charge in [-0.2, -0.15) is 0 Å². The third kappa shape index (κ3) is 4.67. The Morgan fingerprint density at radius 3 is 1.92 bits per heavy atom. The summed E-state index contributed by atoms with van der Waals surface area (Å²) < 4.78 is 15.0. The van der Waals surface area contributed by atoms with Crippen molar-refractivity contribution in [2.24, 2.45) is 5.73 Å². The Bertz CT molecular complexity index is 120. The zero-order chi connectivity index (χ0) is 10.2. The summed E-state index contributed by atoms with van der Waals surface area (Å²) in [6, 6.07) is 0.557. The van der Waals surface area contributed by atoms with E-state index in [1.54, 1.807) is 0 Å². The molecule has 6 nitrogen and oxygen atoms in total. The first-order valence-electron chi connectivity index (χ1n) is 3.93. The molecule has 0 aromatic heterocycles. The standard InChI is InChI=1S/C6H17NO5Si/c1-8-11-13(10-3,12-9-2)6-4-5-7/h4-7H2,1-3H3. The van der Waals surface area contributed by atoms with Gasteiger partial charge in [0.1, 0.15) is 0 Å². The summed E-state index contributed by atoms with van der Waals surface area (Å²) in [7, 11) is 1.45. The quantitative estimate of drug-likeness (QED) is 0.348. The molecule has 0 spiro atoms. The number of rotatable bonds is 8. The predicted molar refractivity (Wildman–Crippen MR) is 47.4 cm³/mol. The Kier molecular flexibility index (Phi) is 7.37. The summed E-state index contributed by atoms with van der Waals surface area (Å²) in [6.07, 6.45) is 0.729. The fourth-order valence-corrected chi connectivity index (χ4v) is 2.52. The molecule has 0 aromatic carbocycles. The van der Waals surface area contributed by atoms with Gasteiger partial charge in [0.25, 0.3) is 0 Å². The minimum absolute atomic E-state index is 0.540. The second-order valence-electron chi connectivity index (χ2n) is 2.28. The molecule has 2 N–H and O–H groups in total. The average Bonchev–Trinajstić information content (AvgIpc) is 2.15. The summed E-state index contributed by atoms with van der Waals surface area (Å²) in [4.78, 5) is 9.08. The van der Waals surface area contributed by atoms with Crippen LogP contribution in [0.2, 0.25) is 6.04 Å². The van der Waals surface area contributed by atoms with E-state index in [1.165, 1.54) is 21.3 Å². The van der Waals surface area contributed by atoms with Crippen LogP contribution in [0.1, 0.15) is 6.42 Å². The van der Waals surface area contributed by atoms with E-state index in [1.807, 2.05) is 0 Å². The molecule has 0 radical (unpaired) electrons. The molecule has 0 unspecified atom stereocenters. The van der Waals surface area contributed by atoms with Gasteiger partial charge >= 0.3 is 8.80 Å². The van der Waals surface area contributed by atoms with Crippen molar-refractivity contribution in [2.75, 3.05) is 27.9 Å². The Balaban J connectivity index is 4.07. The molecule has 7 heteroatoms. The maximum atomic E-state index is 5.36. The maximum Gasteiger partial charge on any atom is 0.557 e.